The van der Waals surface area contributed by atoms with Crippen molar-refractivity contribution in [3.63, 3.8) is 0 Å². The first kappa shape index (κ1) is 19.5. The average molecular weight is 399 g/mol. The van der Waals surface area contributed by atoms with Gasteiger partial charge in [-0.05, 0) is 31.0 Å². The van der Waals surface area contributed by atoms with E-state index in [0.717, 1.165) is 32.1 Å². The number of anilines is 1. The lowest BCUT2D eigenvalue weighted by molar-refractivity contribution is -0.123. The number of pyridine rings is 1. The molecule has 1 aliphatic heterocycles. The van der Waals surface area contributed by atoms with Crippen molar-refractivity contribution in [1.82, 2.24) is 10.3 Å². The zero-order valence-electron chi connectivity index (χ0n) is 16.6. The molecule has 1 aliphatic carbocycles. The molecule has 2 aromatic rings. The van der Waals surface area contributed by atoms with Crippen LogP contribution in [0, 0.1) is 0 Å². The number of ether oxygens (including phenoxy) is 3. The van der Waals surface area contributed by atoms with E-state index in [1.54, 1.807) is 50.7 Å². The normalized spacial score (nSPS) is 20.7. The van der Waals surface area contributed by atoms with E-state index in [1.165, 1.54) is 4.90 Å². The standard InChI is InChI=1S/C21H25N3O5/c1-27-16-7-6-15(13-17(16)28-2)29-18-12-14(8-11-22-18)24-19(25)21(23-20(24)26)9-4-3-5-10-21/h6-8,11-13,20,23,26H,3-5,9-10H2,1-2H3. The summed E-state index contributed by atoms with van der Waals surface area (Å²) in [5, 5.41) is 13.6. The lowest BCUT2D eigenvalue weighted by atomic mass is 9.82. The summed E-state index contributed by atoms with van der Waals surface area (Å²) in [5.41, 5.74) is -0.145. The fourth-order valence-electron chi connectivity index (χ4n) is 4.09. The second-order valence-corrected chi connectivity index (χ2v) is 7.31. The maximum absolute atomic E-state index is 13.1. The highest BCUT2D eigenvalue weighted by molar-refractivity contribution is 6.02. The third kappa shape index (κ3) is 3.61. The molecular formula is C21H25N3O5. The molecule has 1 spiro atoms. The van der Waals surface area contributed by atoms with Gasteiger partial charge < -0.3 is 19.3 Å². The molecule has 0 radical (unpaired) electrons. The SMILES string of the molecule is COc1ccc(Oc2cc(N3C(=O)C4(CCCCC4)NC3O)ccn2)cc1OC. The van der Waals surface area contributed by atoms with E-state index in [-0.39, 0.29) is 5.91 Å². The van der Waals surface area contributed by atoms with Gasteiger partial charge in [0, 0.05) is 18.3 Å². The van der Waals surface area contributed by atoms with E-state index in [2.05, 4.69) is 10.3 Å². The molecule has 4 rings (SSSR count). The third-order valence-electron chi connectivity index (χ3n) is 5.56. The Hall–Kier alpha value is -2.84. The zero-order valence-corrected chi connectivity index (χ0v) is 16.6. The Morgan fingerprint density at radius 2 is 1.86 bits per heavy atom. The van der Waals surface area contributed by atoms with E-state index < -0.39 is 11.9 Å². The summed E-state index contributed by atoms with van der Waals surface area (Å²) < 4.78 is 16.4. The van der Waals surface area contributed by atoms with Gasteiger partial charge in [0.1, 0.15) is 11.3 Å². The number of aliphatic hydroxyl groups excluding tert-OH is 1. The third-order valence-corrected chi connectivity index (χ3v) is 5.56. The number of hydrogen-bond acceptors (Lipinski definition) is 7. The van der Waals surface area contributed by atoms with Gasteiger partial charge in [-0.25, -0.2) is 4.98 Å². The van der Waals surface area contributed by atoms with Crippen LogP contribution in [0.2, 0.25) is 0 Å². The fourth-order valence-corrected chi connectivity index (χ4v) is 4.09. The molecule has 1 saturated heterocycles. The van der Waals surface area contributed by atoms with Crippen LogP contribution in [0.5, 0.6) is 23.1 Å². The maximum atomic E-state index is 13.1. The summed E-state index contributed by atoms with van der Waals surface area (Å²) in [6.07, 6.45) is 5.02. The van der Waals surface area contributed by atoms with Gasteiger partial charge >= 0.3 is 0 Å². The summed E-state index contributed by atoms with van der Waals surface area (Å²) in [7, 11) is 3.11. The van der Waals surface area contributed by atoms with Crippen LogP contribution < -0.4 is 24.4 Å². The van der Waals surface area contributed by atoms with Crippen LogP contribution in [-0.4, -0.2) is 42.1 Å². The molecule has 2 heterocycles. The number of nitrogens with one attached hydrogen (secondary N) is 1. The van der Waals surface area contributed by atoms with Crippen molar-refractivity contribution in [2.24, 2.45) is 0 Å². The second-order valence-electron chi connectivity index (χ2n) is 7.31. The quantitative estimate of drug-likeness (QED) is 0.799. The van der Waals surface area contributed by atoms with Gasteiger partial charge in [0.15, 0.2) is 17.9 Å². The van der Waals surface area contributed by atoms with E-state index in [4.69, 9.17) is 14.2 Å². The highest BCUT2D eigenvalue weighted by Gasteiger charge is 2.51. The Kier molecular flexibility index (Phi) is 5.29. The second kappa shape index (κ2) is 7.88. The van der Waals surface area contributed by atoms with Gasteiger partial charge in [0.05, 0.1) is 19.9 Å². The van der Waals surface area contributed by atoms with Crippen molar-refractivity contribution in [2.45, 2.75) is 44.0 Å². The minimum Gasteiger partial charge on any atom is -0.493 e. The predicted molar refractivity (Wildman–Crippen MR) is 106 cm³/mol. The summed E-state index contributed by atoms with van der Waals surface area (Å²) in [5.74, 6) is 1.85. The molecule has 1 atom stereocenters. The highest BCUT2D eigenvalue weighted by Crippen LogP contribution is 2.38. The van der Waals surface area contributed by atoms with Gasteiger partial charge in [-0.15, -0.1) is 0 Å². The number of carbonyl (C=O) groups excluding carboxylic acids is 1. The first-order valence-electron chi connectivity index (χ1n) is 9.72. The number of methoxy groups -OCH3 is 2. The van der Waals surface area contributed by atoms with E-state index in [0.29, 0.717) is 28.8 Å². The van der Waals surface area contributed by atoms with Crippen molar-refractivity contribution in [3.05, 3.63) is 36.5 Å². The Morgan fingerprint density at radius 1 is 1.10 bits per heavy atom. The molecule has 2 fully saturated rings. The van der Waals surface area contributed by atoms with Gasteiger partial charge in [-0.2, -0.15) is 0 Å². The molecule has 154 valence electrons. The van der Waals surface area contributed by atoms with Gasteiger partial charge in [0.2, 0.25) is 5.88 Å². The van der Waals surface area contributed by atoms with Crippen LogP contribution >= 0.6 is 0 Å². The molecule has 8 heteroatoms. The molecular weight excluding hydrogens is 374 g/mol. The molecule has 1 aromatic heterocycles. The fraction of sp³-hybridized carbons (Fsp3) is 0.429. The molecule has 0 bridgehead atoms. The number of benzene rings is 1. The van der Waals surface area contributed by atoms with Gasteiger partial charge in [-0.3, -0.25) is 15.0 Å². The van der Waals surface area contributed by atoms with Crippen LogP contribution in [0.4, 0.5) is 5.69 Å². The van der Waals surface area contributed by atoms with Crippen molar-refractivity contribution in [1.29, 1.82) is 0 Å². The summed E-state index contributed by atoms with van der Waals surface area (Å²) in [6.45, 7) is 0. The number of nitrogens with zero attached hydrogens (tertiary/aromatic N) is 2. The Labute approximate surface area is 169 Å². The number of amides is 1. The summed E-state index contributed by atoms with van der Waals surface area (Å²) in [4.78, 5) is 18.7. The van der Waals surface area contributed by atoms with Crippen LogP contribution in [0.15, 0.2) is 36.5 Å². The molecule has 29 heavy (non-hydrogen) atoms. The summed E-state index contributed by atoms with van der Waals surface area (Å²) >= 11 is 0. The first-order valence-corrected chi connectivity index (χ1v) is 9.72. The molecule has 1 aromatic carbocycles. The Bertz CT molecular complexity index is 898. The van der Waals surface area contributed by atoms with Crippen LogP contribution in [0.25, 0.3) is 0 Å². The van der Waals surface area contributed by atoms with Crippen molar-refractivity contribution >= 4 is 11.6 Å². The van der Waals surface area contributed by atoms with E-state index in [9.17, 15) is 9.90 Å². The number of aliphatic hydroxyl groups is 1. The number of aromatic nitrogens is 1. The molecule has 1 unspecified atom stereocenters. The topological polar surface area (TPSA) is 93.2 Å². The highest BCUT2D eigenvalue weighted by atomic mass is 16.5. The monoisotopic (exact) mass is 399 g/mol. The average Bonchev–Trinajstić information content (AvgIpc) is 2.97. The molecule has 1 amide bonds. The van der Waals surface area contributed by atoms with Crippen molar-refractivity contribution in [2.75, 3.05) is 19.1 Å². The number of hydrogen-bond donors (Lipinski definition) is 2. The minimum absolute atomic E-state index is 0.104. The smallest absolute Gasteiger partial charge is 0.250 e. The molecule has 2 aliphatic rings. The van der Waals surface area contributed by atoms with Gasteiger partial charge in [0.25, 0.3) is 5.91 Å². The predicted octanol–water partition coefficient (Wildman–Crippen LogP) is 2.81. The summed E-state index contributed by atoms with van der Waals surface area (Å²) in [6, 6.07) is 8.50. The van der Waals surface area contributed by atoms with Gasteiger partial charge in [-0.1, -0.05) is 19.3 Å². The Morgan fingerprint density at radius 3 is 2.59 bits per heavy atom. The first-order chi connectivity index (χ1) is 14.1. The molecule has 1 saturated carbocycles. The lowest BCUT2D eigenvalue weighted by Gasteiger charge is -2.30. The van der Waals surface area contributed by atoms with Crippen molar-refractivity contribution in [3.8, 4) is 23.1 Å². The minimum atomic E-state index is -1.07. The molecule has 8 nitrogen and oxygen atoms in total. The Balaban J connectivity index is 1.57. The number of carbonyl (C=O) groups is 1. The maximum Gasteiger partial charge on any atom is 0.250 e. The lowest BCUT2D eigenvalue weighted by Crippen LogP contribution is -2.48. The number of rotatable bonds is 5. The van der Waals surface area contributed by atoms with Crippen LogP contribution in [-0.2, 0) is 4.79 Å². The van der Waals surface area contributed by atoms with E-state index in [1.807, 2.05) is 0 Å². The largest absolute Gasteiger partial charge is 0.493 e. The zero-order chi connectivity index (χ0) is 20.4. The van der Waals surface area contributed by atoms with Crippen LogP contribution in [0.1, 0.15) is 32.1 Å². The van der Waals surface area contributed by atoms with Crippen LogP contribution in [0.3, 0.4) is 0 Å². The van der Waals surface area contributed by atoms with Crippen molar-refractivity contribution < 1.29 is 24.1 Å². The molecule has 2 N–H and O–H groups in total. The van der Waals surface area contributed by atoms with E-state index >= 15 is 0 Å².